The van der Waals surface area contributed by atoms with Crippen molar-refractivity contribution in [3.8, 4) is 0 Å². The van der Waals surface area contributed by atoms with Crippen molar-refractivity contribution in [2.45, 2.75) is 5.09 Å². The number of aromatic nitrogens is 2. The molecular formula is C19H11F2N3O6S. The first kappa shape index (κ1) is 20.2. The second-order valence-electron chi connectivity index (χ2n) is 6.24. The molecule has 0 bridgehead atoms. The molecule has 4 aromatic rings. The Balaban J connectivity index is 1.74. The molecule has 0 aliphatic heterocycles. The first-order chi connectivity index (χ1) is 14.7. The Hall–Kier alpha value is -4.06. The van der Waals surface area contributed by atoms with Crippen LogP contribution in [0.3, 0.4) is 0 Å². The Labute approximate surface area is 172 Å². The fourth-order valence-electron chi connectivity index (χ4n) is 2.89. The number of H-pyrrole nitrogens is 1. The number of pyridine rings is 1. The average Bonchev–Trinajstić information content (AvgIpc) is 3.38. The van der Waals surface area contributed by atoms with Gasteiger partial charge in [-0.2, -0.15) is 8.42 Å². The van der Waals surface area contributed by atoms with Crippen LogP contribution in [0.4, 0.5) is 14.5 Å². The molecule has 12 heteroatoms. The maximum Gasteiger partial charge on any atom is 0.371 e. The Bertz CT molecular complexity index is 1460. The maximum absolute atomic E-state index is 15.0. The van der Waals surface area contributed by atoms with Gasteiger partial charge < -0.3 is 14.5 Å². The lowest BCUT2D eigenvalue weighted by atomic mass is 10.0. The quantitative estimate of drug-likeness (QED) is 0.385. The molecule has 0 saturated heterocycles. The number of anilines is 1. The van der Waals surface area contributed by atoms with Gasteiger partial charge in [-0.05, 0) is 36.4 Å². The molecular weight excluding hydrogens is 436 g/mol. The average molecular weight is 447 g/mol. The van der Waals surface area contributed by atoms with Gasteiger partial charge in [0.15, 0.2) is 5.82 Å². The number of hydrogen-bond acceptors (Lipinski definition) is 6. The Kier molecular flexibility index (Phi) is 4.78. The summed E-state index contributed by atoms with van der Waals surface area (Å²) >= 11 is 0. The van der Waals surface area contributed by atoms with Gasteiger partial charge in [-0.3, -0.25) is 9.52 Å². The van der Waals surface area contributed by atoms with E-state index in [1.165, 1.54) is 18.5 Å². The molecule has 31 heavy (non-hydrogen) atoms. The van der Waals surface area contributed by atoms with Crippen LogP contribution in [0.1, 0.15) is 26.5 Å². The molecule has 0 fully saturated rings. The maximum atomic E-state index is 15.0. The summed E-state index contributed by atoms with van der Waals surface area (Å²) in [7, 11) is -4.56. The summed E-state index contributed by atoms with van der Waals surface area (Å²) in [6.45, 7) is 0. The number of carbonyl (C=O) groups is 2. The van der Waals surface area contributed by atoms with Crippen molar-refractivity contribution >= 4 is 38.5 Å². The van der Waals surface area contributed by atoms with Crippen molar-refractivity contribution in [1.82, 2.24) is 9.97 Å². The number of carboxylic acid groups (broad SMARTS) is 1. The number of aromatic amines is 1. The predicted molar refractivity (Wildman–Crippen MR) is 102 cm³/mol. The zero-order valence-electron chi connectivity index (χ0n) is 15.2. The van der Waals surface area contributed by atoms with Gasteiger partial charge in [-0.15, -0.1) is 0 Å². The number of furan rings is 1. The summed E-state index contributed by atoms with van der Waals surface area (Å²) in [5.74, 6) is -5.83. The zero-order valence-corrected chi connectivity index (χ0v) is 16.0. The van der Waals surface area contributed by atoms with Gasteiger partial charge in [-0.25, -0.2) is 18.6 Å². The van der Waals surface area contributed by atoms with Gasteiger partial charge >= 0.3 is 5.97 Å². The molecule has 4 rings (SSSR count). The van der Waals surface area contributed by atoms with Gasteiger partial charge in [0.2, 0.25) is 16.6 Å². The molecule has 0 saturated carbocycles. The van der Waals surface area contributed by atoms with Crippen molar-refractivity contribution in [3.05, 3.63) is 77.3 Å². The number of rotatable bonds is 6. The molecule has 0 aliphatic carbocycles. The number of fused-ring (bicyclic) bond motifs is 1. The van der Waals surface area contributed by atoms with E-state index in [0.717, 1.165) is 24.3 Å². The normalized spacial score (nSPS) is 11.5. The van der Waals surface area contributed by atoms with E-state index in [1.807, 2.05) is 4.72 Å². The fourth-order valence-corrected chi connectivity index (χ4v) is 3.89. The largest absolute Gasteiger partial charge is 0.475 e. The molecule has 158 valence electrons. The Morgan fingerprint density at radius 3 is 2.61 bits per heavy atom. The number of sulfonamides is 1. The number of ketones is 1. The van der Waals surface area contributed by atoms with E-state index < -0.39 is 55.5 Å². The van der Waals surface area contributed by atoms with Crippen molar-refractivity contribution in [2.75, 3.05) is 4.72 Å². The minimum atomic E-state index is -4.56. The molecule has 9 nitrogen and oxygen atoms in total. The first-order valence-electron chi connectivity index (χ1n) is 8.50. The number of carbonyl (C=O) groups excluding carboxylic acids is 1. The second kappa shape index (κ2) is 7.32. The van der Waals surface area contributed by atoms with Crippen LogP contribution in [0.2, 0.25) is 0 Å². The minimum absolute atomic E-state index is 0.0574. The molecule has 0 atom stereocenters. The predicted octanol–water partition coefficient (Wildman–Crippen LogP) is 3.16. The highest BCUT2D eigenvalue weighted by Crippen LogP contribution is 2.28. The SMILES string of the molecule is O=C(O)c1ccc(S(=O)(=O)Nc2ccc(F)c(C(=O)c3c[nH]c4ncccc34)c2F)o1. The van der Waals surface area contributed by atoms with Crippen molar-refractivity contribution in [2.24, 2.45) is 0 Å². The first-order valence-corrected chi connectivity index (χ1v) is 9.98. The van der Waals surface area contributed by atoms with E-state index in [9.17, 15) is 22.4 Å². The van der Waals surface area contributed by atoms with E-state index in [0.29, 0.717) is 11.0 Å². The van der Waals surface area contributed by atoms with Gasteiger partial charge in [0, 0.05) is 23.3 Å². The molecule has 0 spiro atoms. The van der Waals surface area contributed by atoms with Crippen molar-refractivity contribution < 1.29 is 36.3 Å². The molecule has 0 amide bonds. The summed E-state index contributed by atoms with van der Waals surface area (Å²) in [6, 6.07) is 6.35. The van der Waals surface area contributed by atoms with Crippen LogP contribution in [0.15, 0.2) is 58.3 Å². The topological polar surface area (TPSA) is 142 Å². The number of benzene rings is 1. The minimum Gasteiger partial charge on any atom is -0.475 e. The molecule has 0 unspecified atom stereocenters. The van der Waals surface area contributed by atoms with Crippen LogP contribution in [0.25, 0.3) is 11.0 Å². The van der Waals surface area contributed by atoms with Crippen LogP contribution in [0, 0.1) is 11.6 Å². The number of carboxylic acids is 1. The highest BCUT2D eigenvalue weighted by molar-refractivity contribution is 7.92. The number of nitrogens with one attached hydrogen (secondary N) is 2. The third-order valence-electron chi connectivity index (χ3n) is 4.32. The fraction of sp³-hybridized carbons (Fsp3) is 0. The van der Waals surface area contributed by atoms with E-state index >= 15 is 4.39 Å². The highest BCUT2D eigenvalue weighted by atomic mass is 32.2. The van der Waals surface area contributed by atoms with Crippen LogP contribution >= 0.6 is 0 Å². The Morgan fingerprint density at radius 1 is 1.13 bits per heavy atom. The van der Waals surface area contributed by atoms with E-state index in [4.69, 9.17) is 9.52 Å². The highest BCUT2D eigenvalue weighted by Gasteiger charge is 2.27. The lowest BCUT2D eigenvalue weighted by Gasteiger charge is -2.10. The third-order valence-corrected chi connectivity index (χ3v) is 5.55. The Morgan fingerprint density at radius 2 is 1.90 bits per heavy atom. The number of nitrogens with zero attached hydrogens (tertiary/aromatic N) is 1. The zero-order chi connectivity index (χ0) is 22.3. The number of halogens is 2. The van der Waals surface area contributed by atoms with Gasteiger partial charge in [0.1, 0.15) is 11.5 Å². The van der Waals surface area contributed by atoms with E-state index in [1.54, 1.807) is 6.07 Å². The lowest BCUT2D eigenvalue weighted by molar-refractivity contribution is 0.0656. The number of aromatic carboxylic acids is 1. The summed E-state index contributed by atoms with van der Waals surface area (Å²) < 4.78 is 60.7. The standard InChI is InChI=1S/C19H11F2N3O6S/c20-11-3-4-12(24-31(28,29)14-6-5-13(30-14)19(26)27)16(21)15(11)17(25)10-8-23-18-9(10)2-1-7-22-18/h1-8,24H,(H,22,23)(H,26,27). The molecule has 1 aromatic carbocycles. The van der Waals surface area contributed by atoms with Crippen molar-refractivity contribution in [1.29, 1.82) is 0 Å². The number of hydrogen-bond donors (Lipinski definition) is 3. The van der Waals surface area contributed by atoms with Gasteiger partial charge in [-0.1, -0.05) is 0 Å². The van der Waals surface area contributed by atoms with E-state index in [-0.39, 0.29) is 5.56 Å². The van der Waals surface area contributed by atoms with Crippen LogP contribution in [0.5, 0.6) is 0 Å². The van der Waals surface area contributed by atoms with Crippen LogP contribution in [-0.2, 0) is 10.0 Å². The third kappa shape index (κ3) is 3.53. The van der Waals surface area contributed by atoms with E-state index in [2.05, 4.69) is 9.97 Å². The monoisotopic (exact) mass is 447 g/mol. The summed E-state index contributed by atoms with van der Waals surface area (Å²) in [6.07, 6.45) is 2.71. The van der Waals surface area contributed by atoms with Gasteiger partial charge in [0.25, 0.3) is 10.0 Å². The lowest BCUT2D eigenvalue weighted by Crippen LogP contribution is -2.16. The second-order valence-corrected chi connectivity index (χ2v) is 7.86. The smallest absolute Gasteiger partial charge is 0.371 e. The molecule has 3 heterocycles. The molecule has 0 aliphatic rings. The summed E-state index contributed by atoms with van der Waals surface area (Å²) in [4.78, 5) is 30.4. The van der Waals surface area contributed by atoms with Gasteiger partial charge in [0.05, 0.1) is 11.3 Å². The molecule has 3 aromatic heterocycles. The van der Waals surface area contributed by atoms with Crippen LogP contribution < -0.4 is 4.72 Å². The van der Waals surface area contributed by atoms with Crippen LogP contribution in [-0.4, -0.2) is 35.2 Å². The summed E-state index contributed by atoms with van der Waals surface area (Å²) in [5.41, 5.74) is -1.43. The molecule has 3 N–H and O–H groups in total. The van der Waals surface area contributed by atoms with Crippen molar-refractivity contribution in [3.63, 3.8) is 0 Å². The molecule has 0 radical (unpaired) electrons. The summed E-state index contributed by atoms with van der Waals surface area (Å²) in [5, 5.41) is 8.36.